The first-order valence-corrected chi connectivity index (χ1v) is 10.9. The van der Waals surface area contributed by atoms with Crippen molar-refractivity contribution in [1.29, 1.82) is 0 Å². The van der Waals surface area contributed by atoms with Crippen molar-refractivity contribution < 1.29 is 18.8 Å². The van der Waals surface area contributed by atoms with Crippen LogP contribution in [0.25, 0.3) is 0 Å². The Labute approximate surface area is 204 Å². The lowest BCUT2D eigenvalue weighted by atomic mass is 10.1. The van der Waals surface area contributed by atoms with Crippen LogP contribution in [0.3, 0.4) is 0 Å². The predicted molar refractivity (Wildman–Crippen MR) is 130 cm³/mol. The number of nitrogens with one attached hydrogen (secondary N) is 4. The quantitative estimate of drug-likeness (QED) is 0.426. The Bertz CT molecular complexity index is 1330. The topological polar surface area (TPSA) is 128 Å². The number of fused-ring (bicyclic) bond motifs is 1. The molecule has 0 aliphatic carbocycles. The summed E-state index contributed by atoms with van der Waals surface area (Å²) in [6.07, 6.45) is 1.27. The molecule has 180 valence electrons. The molecule has 1 aliphatic rings. The highest BCUT2D eigenvalue weighted by molar-refractivity contribution is 6.33. The molecule has 0 atom stereocenters. The van der Waals surface area contributed by atoms with Crippen molar-refractivity contribution in [1.82, 2.24) is 20.6 Å². The number of nitrogens with zero attached hydrogens (tertiary/aromatic N) is 3. The molecule has 35 heavy (non-hydrogen) atoms. The van der Waals surface area contributed by atoms with E-state index in [9.17, 15) is 18.8 Å². The highest BCUT2D eigenvalue weighted by Gasteiger charge is 2.22. The van der Waals surface area contributed by atoms with Crippen molar-refractivity contribution in [2.75, 3.05) is 29.1 Å². The fraction of sp³-hybridized carbons (Fsp3) is 0.174. The van der Waals surface area contributed by atoms with Gasteiger partial charge in [0.1, 0.15) is 10.8 Å². The van der Waals surface area contributed by atoms with Crippen LogP contribution in [0, 0.1) is 5.82 Å². The molecule has 2 heterocycles. The number of rotatable bonds is 5. The number of para-hydroxylation sites is 1. The number of carbonyl (C=O) groups excluding carboxylic acids is 3. The van der Waals surface area contributed by atoms with E-state index < -0.39 is 17.6 Å². The van der Waals surface area contributed by atoms with Gasteiger partial charge in [-0.05, 0) is 29.8 Å². The zero-order chi connectivity index (χ0) is 25.1. The fourth-order valence-corrected chi connectivity index (χ4v) is 3.68. The molecule has 1 aliphatic heterocycles. The minimum atomic E-state index is -0.689. The van der Waals surface area contributed by atoms with E-state index in [0.29, 0.717) is 17.9 Å². The van der Waals surface area contributed by atoms with Crippen LogP contribution in [-0.4, -0.2) is 41.3 Å². The highest BCUT2D eigenvalue weighted by Crippen LogP contribution is 2.32. The molecule has 0 fully saturated rings. The molecule has 4 rings (SSSR count). The third-order valence-electron chi connectivity index (χ3n) is 5.24. The first-order valence-electron chi connectivity index (χ1n) is 10.5. The van der Waals surface area contributed by atoms with Gasteiger partial charge in [0, 0.05) is 26.2 Å². The number of hydrogen-bond donors (Lipinski definition) is 4. The van der Waals surface area contributed by atoms with Gasteiger partial charge >= 0.3 is 0 Å². The summed E-state index contributed by atoms with van der Waals surface area (Å²) in [6.45, 7) is 1.79. The zero-order valence-electron chi connectivity index (χ0n) is 18.8. The van der Waals surface area contributed by atoms with Crippen LogP contribution >= 0.6 is 11.6 Å². The van der Waals surface area contributed by atoms with E-state index in [2.05, 4.69) is 31.2 Å². The van der Waals surface area contributed by atoms with Gasteiger partial charge in [-0.2, -0.15) is 4.98 Å². The van der Waals surface area contributed by atoms with Crippen LogP contribution in [0.15, 0.2) is 42.6 Å². The second-order valence-electron chi connectivity index (χ2n) is 7.56. The molecule has 3 amide bonds. The van der Waals surface area contributed by atoms with Crippen LogP contribution < -0.4 is 26.2 Å². The van der Waals surface area contributed by atoms with E-state index >= 15 is 0 Å². The van der Waals surface area contributed by atoms with Crippen molar-refractivity contribution in [3.05, 3.63) is 64.6 Å². The molecule has 0 spiro atoms. The Morgan fingerprint density at radius 1 is 1.17 bits per heavy atom. The van der Waals surface area contributed by atoms with E-state index in [4.69, 9.17) is 11.6 Å². The number of amides is 3. The number of benzene rings is 2. The zero-order valence-corrected chi connectivity index (χ0v) is 19.5. The summed E-state index contributed by atoms with van der Waals surface area (Å²) < 4.78 is 14.6. The van der Waals surface area contributed by atoms with Crippen molar-refractivity contribution in [2.45, 2.75) is 13.5 Å². The van der Waals surface area contributed by atoms with Crippen molar-refractivity contribution in [3.8, 4) is 0 Å². The molecule has 1 aromatic heterocycles. The molecule has 10 nitrogen and oxygen atoms in total. The SMILES string of the molecule is CNC(=O)c1cccc(F)c1Nc1nc(N(C(C)=O)c2ccc3c(c2)NCC(=O)NC3)ncc1Cl. The summed E-state index contributed by atoms with van der Waals surface area (Å²) in [6, 6.07) is 9.24. The maximum atomic E-state index is 14.6. The summed E-state index contributed by atoms with van der Waals surface area (Å²) in [4.78, 5) is 46.3. The second-order valence-corrected chi connectivity index (χ2v) is 7.97. The molecular weight excluding hydrogens is 477 g/mol. The van der Waals surface area contributed by atoms with Crippen molar-refractivity contribution >= 4 is 58.2 Å². The molecule has 0 saturated heterocycles. The van der Waals surface area contributed by atoms with Gasteiger partial charge in [-0.15, -0.1) is 0 Å². The molecule has 0 saturated carbocycles. The largest absolute Gasteiger partial charge is 0.376 e. The van der Waals surface area contributed by atoms with Crippen LogP contribution in [0.4, 0.5) is 33.2 Å². The summed E-state index contributed by atoms with van der Waals surface area (Å²) >= 11 is 6.26. The van der Waals surface area contributed by atoms with Crippen LogP contribution in [0.1, 0.15) is 22.8 Å². The summed E-state index contributed by atoms with van der Waals surface area (Å²) in [5.41, 5.74) is 1.90. The minimum absolute atomic E-state index is 0.000788. The third-order valence-corrected chi connectivity index (χ3v) is 5.52. The summed E-state index contributed by atoms with van der Waals surface area (Å²) in [7, 11) is 1.43. The molecule has 0 unspecified atom stereocenters. The lowest BCUT2D eigenvalue weighted by molar-refractivity contribution is -0.119. The molecule has 0 bridgehead atoms. The Hall–Kier alpha value is -4.25. The van der Waals surface area contributed by atoms with Gasteiger partial charge in [0.2, 0.25) is 17.8 Å². The number of anilines is 5. The molecule has 12 heteroatoms. The Morgan fingerprint density at radius 2 is 1.97 bits per heavy atom. The van der Waals surface area contributed by atoms with Gasteiger partial charge in [0.25, 0.3) is 5.91 Å². The van der Waals surface area contributed by atoms with Gasteiger partial charge in [0.05, 0.1) is 29.7 Å². The van der Waals surface area contributed by atoms with Crippen LogP contribution in [0.2, 0.25) is 5.02 Å². The first-order chi connectivity index (χ1) is 16.8. The predicted octanol–water partition coefficient (Wildman–Crippen LogP) is 3.10. The number of halogens is 2. The normalized spacial score (nSPS) is 12.5. The second kappa shape index (κ2) is 9.94. The summed E-state index contributed by atoms with van der Waals surface area (Å²) in [5.74, 6) is -1.75. The molecule has 4 N–H and O–H groups in total. The highest BCUT2D eigenvalue weighted by atomic mass is 35.5. The van der Waals surface area contributed by atoms with Gasteiger partial charge < -0.3 is 21.3 Å². The maximum absolute atomic E-state index is 14.6. The number of carbonyl (C=O) groups is 3. The lowest BCUT2D eigenvalue weighted by Gasteiger charge is -2.22. The smallest absolute Gasteiger partial charge is 0.253 e. The molecular formula is C23H21ClFN7O3. The average molecular weight is 498 g/mol. The van der Waals surface area contributed by atoms with Gasteiger partial charge in [-0.3, -0.25) is 14.4 Å². The van der Waals surface area contributed by atoms with E-state index in [1.54, 1.807) is 18.2 Å². The van der Waals surface area contributed by atoms with E-state index in [0.717, 1.165) is 5.56 Å². The van der Waals surface area contributed by atoms with Crippen molar-refractivity contribution in [3.63, 3.8) is 0 Å². The Morgan fingerprint density at radius 3 is 2.71 bits per heavy atom. The fourth-order valence-electron chi connectivity index (χ4n) is 3.54. The van der Waals surface area contributed by atoms with Crippen molar-refractivity contribution in [2.24, 2.45) is 0 Å². The number of aromatic nitrogens is 2. The van der Waals surface area contributed by atoms with Gasteiger partial charge in [-0.1, -0.05) is 23.7 Å². The lowest BCUT2D eigenvalue weighted by Crippen LogP contribution is -2.25. The Kier molecular flexibility index (Phi) is 6.78. The molecule has 2 aromatic carbocycles. The van der Waals surface area contributed by atoms with E-state index in [-0.39, 0.29) is 40.5 Å². The Balaban J connectivity index is 1.73. The minimum Gasteiger partial charge on any atom is -0.376 e. The maximum Gasteiger partial charge on any atom is 0.253 e. The van der Waals surface area contributed by atoms with Crippen LogP contribution in [0.5, 0.6) is 0 Å². The molecule has 3 aromatic rings. The third kappa shape index (κ3) is 4.99. The van der Waals surface area contributed by atoms with Gasteiger partial charge in [0.15, 0.2) is 5.82 Å². The van der Waals surface area contributed by atoms with E-state index in [1.807, 2.05) is 0 Å². The molecule has 0 radical (unpaired) electrons. The van der Waals surface area contributed by atoms with E-state index in [1.165, 1.54) is 43.3 Å². The average Bonchev–Trinajstić information content (AvgIpc) is 3.02. The number of hydrogen-bond acceptors (Lipinski definition) is 7. The first kappa shape index (κ1) is 23.9. The standard InChI is InChI=1S/C23H21ClFN7O3/c1-12(33)32(14-7-6-13-9-28-19(34)11-27-18(13)8-14)23-29-10-16(24)21(31-23)30-20-15(22(35)26-2)4-3-5-17(20)25/h3-8,10,27H,9,11H2,1-2H3,(H,26,35)(H,28,34)(H,29,30,31). The van der Waals surface area contributed by atoms with Gasteiger partial charge in [-0.25, -0.2) is 14.3 Å². The van der Waals surface area contributed by atoms with Crippen LogP contribution in [-0.2, 0) is 16.1 Å². The monoisotopic (exact) mass is 497 g/mol. The summed E-state index contributed by atoms with van der Waals surface area (Å²) in [5, 5.41) is 11.1.